The number of rotatable bonds is 48. The Morgan fingerprint density at radius 3 is 1.35 bits per heavy atom. The van der Waals surface area contributed by atoms with E-state index in [4.69, 9.17) is 4.74 Å². The van der Waals surface area contributed by atoms with Crippen molar-refractivity contribution >= 4 is 11.9 Å². The molecule has 0 aliphatic carbocycles. The third-order valence-corrected chi connectivity index (χ3v) is 12.2. The fourth-order valence-electron chi connectivity index (χ4n) is 8.13. The van der Waals surface area contributed by atoms with Crippen LogP contribution in [0.3, 0.4) is 0 Å². The zero-order valence-corrected chi connectivity index (χ0v) is 41.3. The molecule has 0 aromatic heterocycles. The lowest BCUT2D eigenvalue weighted by atomic mass is 10.0. The van der Waals surface area contributed by atoms with Gasteiger partial charge in [0.25, 0.3) is 0 Å². The van der Waals surface area contributed by atoms with Crippen LogP contribution < -0.4 is 5.32 Å². The Kier molecular flexibility index (Phi) is 48.1. The van der Waals surface area contributed by atoms with Crippen LogP contribution in [0.2, 0.25) is 0 Å². The van der Waals surface area contributed by atoms with E-state index in [1.54, 1.807) is 0 Å². The molecule has 0 aliphatic heterocycles. The van der Waals surface area contributed by atoms with Crippen molar-refractivity contribution in [3.63, 3.8) is 0 Å². The molecule has 0 saturated heterocycles. The number of amides is 1. The van der Waals surface area contributed by atoms with Crippen LogP contribution in [-0.2, 0) is 14.3 Å². The monoisotopic (exact) mass is 870 g/mol. The predicted octanol–water partition coefficient (Wildman–Crippen LogP) is 16.2. The summed E-state index contributed by atoms with van der Waals surface area (Å²) in [6.45, 7) is 6.35. The number of carbonyl (C=O) groups is 2. The molecule has 0 bridgehead atoms. The third-order valence-electron chi connectivity index (χ3n) is 12.2. The molecule has 0 aromatic carbocycles. The van der Waals surface area contributed by atoms with E-state index >= 15 is 0 Å². The second-order valence-electron chi connectivity index (χ2n) is 18.3. The minimum absolute atomic E-state index is 0.0641. The fourth-order valence-corrected chi connectivity index (χ4v) is 8.13. The van der Waals surface area contributed by atoms with E-state index in [-0.39, 0.29) is 24.9 Å². The summed E-state index contributed by atoms with van der Waals surface area (Å²) in [5.41, 5.74) is 0. The lowest BCUT2D eigenvalue weighted by Gasteiger charge is -2.24. The molecule has 0 spiro atoms. The Hall–Kier alpha value is -2.18. The van der Waals surface area contributed by atoms with Crippen LogP contribution in [0.25, 0.3) is 0 Å². The van der Waals surface area contributed by atoms with E-state index in [1.165, 1.54) is 141 Å². The second-order valence-corrected chi connectivity index (χ2v) is 18.3. The molecule has 3 N–H and O–H groups in total. The molecule has 62 heavy (non-hydrogen) atoms. The van der Waals surface area contributed by atoms with Gasteiger partial charge in [0.1, 0.15) is 6.10 Å². The Labute approximate surface area is 385 Å². The first-order valence-corrected chi connectivity index (χ1v) is 26.9. The SMILES string of the molecule is CC/C=C/C=C/C=C/CCCCCCCC(CC(=O)NC(CO)C(O)CCCCCCCCCCCCC)OC(=O)CCCCCCCCCCC/C=C/CCCCCCCC. The van der Waals surface area contributed by atoms with Gasteiger partial charge in [-0.05, 0) is 70.6 Å². The summed E-state index contributed by atoms with van der Waals surface area (Å²) in [6, 6.07) is -0.707. The molecule has 0 aliphatic rings. The number of hydrogen-bond donors (Lipinski definition) is 3. The fraction of sp³-hybridized carbons (Fsp3) is 0.821. The van der Waals surface area contributed by atoms with Gasteiger partial charge in [0, 0.05) is 6.42 Å². The summed E-state index contributed by atoms with van der Waals surface area (Å²) in [4.78, 5) is 26.2. The lowest BCUT2D eigenvalue weighted by Crippen LogP contribution is -2.46. The number of ether oxygens (including phenoxy) is 1. The first-order chi connectivity index (χ1) is 30.5. The van der Waals surface area contributed by atoms with Crippen LogP contribution in [0.5, 0.6) is 0 Å². The van der Waals surface area contributed by atoms with Gasteiger partial charge in [0.05, 0.1) is 25.2 Å². The molecule has 0 fully saturated rings. The standard InChI is InChI=1S/C56H103NO5/c1-4-7-10-13-16-19-22-24-25-26-27-28-29-31-34-37-40-43-46-49-56(61)62-52(47-44-41-38-35-33-30-23-20-17-14-11-8-5-2)50-55(60)57-53(51-58)54(59)48-45-42-39-36-32-21-18-15-12-9-6-3/h8,11,14,17,20,23-25,52-54,58-59H,4-7,9-10,12-13,15-16,18-19,21-22,26-51H2,1-3H3,(H,57,60)/b11-8+,17-14+,23-20+,25-24+. The summed E-state index contributed by atoms with van der Waals surface area (Å²) in [5, 5.41) is 23.7. The van der Waals surface area contributed by atoms with Crippen LogP contribution in [0, 0.1) is 0 Å². The molecular formula is C56H103NO5. The molecule has 6 nitrogen and oxygen atoms in total. The molecule has 1 amide bonds. The maximum Gasteiger partial charge on any atom is 0.306 e. The molecular weight excluding hydrogens is 767 g/mol. The largest absolute Gasteiger partial charge is 0.462 e. The Morgan fingerprint density at radius 2 is 0.887 bits per heavy atom. The summed E-state index contributed by atoms with van der Waals surface area (Å²) in [5.74, 6) is -0.490. The Morgan fingerprint density at radius 1 is 0.484 bits per heavy atom. The van der Waals surface area contributed by atoms with E-state index < -0.39 is 18.2 Å². The van der Waals surface area contributed by atoms with Crippen molar-refractivity contribution in [1.29, 1.82) is 0 Å². The zero-order chi connectivity index (χ0) is 45.2. The number of aliphatic hydroxyl groups excluding tert-OH is 2. The molecule has 362 valence electrons. The van der Waals surface area contributed by atoms with Crippen LogP contribution >= 0.6 is 0 Å². The van der Waals surface area contributed by atoms with Crippen molar-refractivity contribution in [3.05, 3.63) is 48.6 Å². The van der Waals surface area contributed by atoms with E-state index in [9.17, 15) is 19.8 Å². The maximum atomic E-state index is 13.2. The third kappa shape index (κ3) is 44.4. The molecule has 0 saturated carbocycles. The molecule has 0 heterocycles. The highest BCUT2D eigenvalue weighted by atomic mass is 16.5. The van der Waals surface area contributed by atoms with Gasteiger partial charge >= 0.3 is 5.97 Å². The Balaban J connectivity index is 4.53. The number of esters is 1. The first kappa shape index (κ1) is 59.8. The quantitative estimate of drug-likeness (QED) is 0.0245. The van der Waals surface area contributed by atoms with Crippen LogP contribution in [0.4, 0.5) is 0 Å². The number of aliphatic hydroxyl groups is 2. The van der Waals surface area contributed by atoms with Gasteiger partial charge in [0.15, 0.2) is 0 Å². The van der Waals surface area contributed by atoms with Gasteiger partial charge in [-0.1, -0.05) is 236 Å². The molecule has 0 rings (SSSR count). The van der Waals surface area contributed by atoms with Gasteiger partial charge in [-0.2, -0.15) is 0 Å². The predicted molar refractivity (Wildman–Crippen MR) is 269 cm³/mol. The second kappa shape index (κ2) is 49.8. The van der Waals surface area contributed by atoms with Gasteiger partial charge in [-0.25, -0.2) is 0 Å². The zero-order valence-electron chi connectivity index (χ0n) is 41.3. The average molecular weight is 870 g/mol. The smallest absolute Gasteiger partial charge is 0.306 e. The van der Waals surface area contributed by atoms with E-state index in [0.717, 1.165) is 83.5 Å². The summed E-state index contributed by atoms with van der Waals surface area (Å²) in [7, 11) is 0. The van der Waals surface area contributed by atoms with E-state index in [0.29, 0.717) is 19.3 Å². The van der Waals surface area contributed by atoms with Crippen molar-refractivity contribution in [2.24, 2.45) is 0 Å². The molecule has 0 radical (unpaired) electrons. The van der Waals surface area contributed by atoms with Crippen LogP contribution in [0.1, 0.15) is 271 Å². The summed E-state index contributed by atoms with van der Waals surface area (Å²) < 4.78 is 5.94. The normalized spacial score (nSPS) is 13.6. The summed E-state index contributed by atoms with van der Waals surface area (Å²) >= 11 is 0. The van der Waals surface area contributed by atoms with E-state index in [2.05, 4.69) is 74.7 Å². The molecule has 3 unspecified atom stereocenters. The number of hydrogen-bond acceptors (Lipinski definition) is 5. The van der Waals surface area contributed by atoms with Crippen molar-refractivity contribution in [2.45, 2.75) is 289 Å². The highest BCUT2D eigenvalue weighted by Crippen LogP contribution is 2.18. The number of carbonyl (C=O) groups excluding carboxylic acids is 2. The van der Waals surface area contributed by atoms with Crippen LogP contribution in [-0.4, -0.2) is 46.9 Å². The highest BCUT2D eigenvalue weighted by Gasteiger charge is 2.24. The van der Waals surface area contributed by atoms with Gasteiger partial charge in [-0.3, -0.25) is 9.59 Å². The summed E-state index contributed by atoms with van der Waals surface area (Å²) in [6.07, 6.45) is 60.3. The van der Waals surface area contributed by atoms with Gasteiger partial charge in [0.2, 0.25) is 5.91 Å². The van der Waals surface area contributed by atoms with Gasteiger partial charge in [-0.15, -0.1) is 0 Å². The van der Waals surface area contributed by atoms with Crippen molar-refractivity contribution in [1.82, 2.24) is 5.32 Å². The first-order valence-electron chi connectivity index (χ1n) is 26.9. The van der Waals surface area contributed by atoms with Gasteiger partial charge < -0.3 is 20.3 Å². The lowest BCUT2D eigenvalue weighted by molar-refractivity contribution is -0.151. The number of unbranched alkanes of at least 4 members (excludes halogenated alkanes) is 30. The number of nitrogens with one attached hydrogen (secondary N) is 1. The average Bonchev–Trinajstić information content (AvgIpc) is 3.26. The van der Waals surface area contributed by atoms with Crippen molar-refractivity contribution in [3.8, 4) is 0 Å². The highest BCUT2D eigenvalue weighted by molar-refractivity contribution is 5.77. The Bertz CT molecular complexity index is 1070. The minimum atomic E-state index is -0.793. The molecule has 6 heteroatoms. The minimum Gasteiger partial charge on any atom is -0.462 e. The maximum absolute atomic E-state index is 13.2. The van der Waals surface area contributed by atoms with Crippen LogP contribution in [0.15, 0.2) is 48.6 Å². The molecule has 0 aromatic rings. The topological polar surface area (TPSA) is 95.9 Å². The van der Waals surface area contributed by atoms with Crippen molar-refractivity contribution in [2.75, 3.05) is 6.61 Å². The van der Waals surface area contributed by atoms with E-state index in [1.807, 2.05) is 0 Å². The number of allylic oxidation sites excluding steroid dienone is 8. The van der Waals surface area contributed by atoms with Crippen molar-refractivity contribution < 1.29 is 24.5 Å². The molecule has 3 atom stereocenters.